The van der Waals surface area contributed by atoms with Gasteiger partial charge in [-0.15, -0.1) is 0 Å². The van der Waals surface area contributed by atoms with Crippen molar-refractivity contribution in [2.24, 2.45) is 0 Å². The number of carbonyl (C=O) groups excluding carboxylic acids is 3. The molecule has 518 valence electrons. The van der Waals surface area contributed by atoms with Crippen molar-refractivity contribution in [3.63, 3.8) is 0 Å². The van der Waals surface area contributed by atoms with Gasteiger partial charge >= 0.3 is 73.3 Å². The second kappa shape index (κ2) is 40.1. The molecule has 0 spiro atoms. The van der Waals surface area contributed by atoms with Crippen LogP contribution in [0.4, 0.5) is 13.2 Å². The van der Waals surface area contributed by atoms with Gasteiger partial charge in [0.2, 0.25) is 0 Å². The maximum Gasteiger partial charge on any atom is 2.00 e. The van der Waals surface area contributed by atoms with E-state index >= 15 is 0 Å². The van der Waals surface area contributed by atoms with Gasteiger partial charge in [-0.2, -0.15) is 0 Å². The summed E-state index contributed by atoms with van der Waals surface area (Å²) in [5, 5.41) is 92.7. The number of aliphatic carboxylic acids is 2. The summed E-state index contributed by atoms with van der Waals surface area (Å²) in [5.74, 6) is -4.17. The van der Waals surface area contributed by atoms with E-state index in [0.717, 1.165) is 83.2 Å². The molecular weight excluding hydrogens is 1310 g/mol. The summed E-state index contributed by atoms with van der Waals surface area (Å²) in [5.41, 5.74) is 10.3. The Balaban J connectivity index is 0.000000306. The number of benzene rings is 6. The van der Waals surface area contributed by atoms with E-state index in [9.17, 15) is 68.4 Å². The largest absolute Gasteiger partial charge is 2.00 e. The van der Waals surface area contributed by atoms with Crippen LogP contribution in [0.5, 0.6) is 0 Å². The van der Waals surface area contributed by atoms with E-state index in [-0.39, 0.29) is 135 Å². The molecule has 9 rings (SSSR count). The van der Waals surface area contributed by atoms with E-state index < -0.39 is 73.0 Å². The van der Waals surface area contributed by atoms with Crippen LogP contribution in [-0.2, 0) is 19.1 Å². The predicted molar refractivity (Wildman–Crippen MR) is 378 cm³/mol. The molecule has 6 aromatic carbocycles. The molecule has 3 heterocycles. The first-order valence-electron chi connectivity index (χ1n) is 32.4. The predicted octanol–water partition coefficient (Wildman–Crippen LogP) is 9.09. The second-order valence-corrected chi connectivity index (χ2v) is 25.5. The summed E-state index contributed by atoms with van der Waals surface area (Å²) >= 11 is 0. The number of halogens is 3. The fraction of sp³-hybridized carbons (Fsp3) is 0.346. The molecule has 0 fully saturated rings. The number of ether oxygens (including phenoxy) is 1. The molecule has 0 amide bonds. The summed E-state index contributed by atoms with van der Waals surface area (Å²) in [6, 6.07) is 43.1. The number of carboxylic acid groups (broad SMARTS) is 2. The van der Waals surface area contributed by atoms with Crippen LogP contribution in [0.15, 0.2) is 164 Å². The minimum absolute atomic E-state index is 0. The Kier molecular flexibility index (Phi) is 34.3. The number of aliphatic hydroxyl groups is 7. The van der Waals surface area contributed by atoms with Gasteiger partial charge in [0, 0.05) is 135 Å². The topological polar surface area (TPSA) is 263 Å². The van der Waals surface area contributed by atoms with E-state index in [2.05, 4.69) is 55.2 Å². The summed E-state index contributed by atoms with van der Waals surface area (Å²) in [6.45, 7) is 19.6. The number of fused-ring (bicyclic) bond motifs is 3. The zero-order chi connectivity index (χ0) is 71.4. The zero-order valence-corrected chi connectivity index (χ0v) is 62.4. The summed E-state index contributed by atoms with van der Waals surface area (Å²) in [6.07, 6.45) is 2.19. The molecule has 0 saturated heterocycles. The molecule has 21 heteroatoms. The van der Waals surface area contributed by atoms with Crippen LogP contribution >= 0.6 is 0 Å². The number of carboxylic acids is 2. The molecule has 0 bridgehead atoms. The molecule has 99 heavy (non-hydrogen) atoms. The van der Waals surface area contributed by atoms with Gasteiger partial charge in [0.15, 0.2) is 0 Å². The molecule has 0 saturated carbocycles. The maximum absolute atomic E-state index is 13.6. The number of hydrogen-bond acceptors (Lipinski definition) is 13. The van der Waals surface area contributed by atoms with Crippen molar-refractivity contribution in [3.05, 3.63) is 198 Å². The van der Waals surface area contributed by atoms with Crippen LogP contribution < -0.4 is 39.8 Å². The third kappa shape index (κ3) is 24.5. The van der Waals surface area contributed by atoms with Crippen molar-refractivity contribution in [1.82, 2.24) is 13.7 Å². The van der Waals surface area contributed by atoms with Gasteiger partial charge in [-0.1, -0.05) is 109 Å². The van der Waals surface area contributed by atoms with Gasteiger partial charge in [-0.05, 0) is 159 Å². The van der Waals surface area contributed by atoms with Crippen molar-refractivity contribution in [3.8, 4) is 33.4 Å². The van der Waals surface area contributed by atoms with E-state index in [4.69, 9.17) is 9.84 Å². The van der Waals surface area contributed by atoms with Crippen LogP contribution in [0.1, 0.15) is 143 Å². The number of rotatable bonds is 24. The molecule has 0 aliphatic carbocycles. The number of esters is 1. The quantitative estimate of drug-likeness (QED) is 0.0220. The Morgan fingerprint density at radius 1 is 0.455 bits per heavy atom. The first kappa shape index (κ1) is 84.8. The molecule has 0 aliphatic heterocycles. The molecule has 7 N–H and O–H groups in total. The number of nitrogens with zero attached hydrogens (tertiary/aromatic N) is 3. The van der Waals surface area contributed by atoms with Crippen LogP contribution in [0.25, 0.3) is 84.3 Å². The van der Waals surface area contributed by atoms with Crippen LogP contribution in [0, 0.1) is 17.5 Å². The Hall–Kier alpha value is -6.66. The van der Waals surface area contributed by atoms with E-state index in [0.29, 0.717) is 0 Å². The maximum atomic E-state index is 13.6. The molecule has 16 nitrogen and oxygen atoms in total. The van der Waals surface area contributed by atoms with Gasteiger partial charge in [0.1, 0.15) is 23.1 Å². The van der Waals surface area contributed by atoms with Crippen molar-refractivity contribution in [2.45, 2.75) is 168 Å². The first-order chi connectivity index (χ1) is 45.9. The van der Waals surface area contributed by atoms with E-state index in [1.807, 2.05) is 78.9 Å². The zero-order valence-electron chi connectivity index (χ0n) is 58.2. The molecule has 3 aromatic heterocycles. The Morgan fingerprint density at radius 2 is 0.697 bits per heavy atom. The number of hydrogen-bond donors (Lipinski definition) is 7. The average molecular weight is 1400 g/mol. The number of para-hydroxylation sites is 3. The molecular formula is C78H90CaF3N3NaO13+. The standard InChI is InChI=1S/C28H34FNO4.2C24H26FNO4.C2H6O.Ca.Na/c1-18(2)30-24-9-7-6-8-23(24)27(19-10-12-20(29)13-11-19)25(30)15-14-21(31)16-22(32)17-26(33)34-28(3,4)5;2*1-15(2)26-21-6-4-3-5-20(21)24(16-7-9-17(25)10-8-16)22(26)12-11-18(27)13-19(28)14-23(29)30;1-2-3;;/h6-15,18,21-22,31-32H,16-17H2,1-5H3;2*3-12,15,18-19,27-28H,13-14H2,1-2H3,(H,29,30);3H,2H2,1H3;;/q;;;;+2;+1/p-2/b15-14+;2*12-11+;;;/t21-,22-;2*18-,19-;;;/m111.../s1. The number of carbonyl (C=O) groups is 3. The second-order valence-electron chi connectivity index (χ2n) is 25.5. The minimum atomic E-state index is -1.36. The third-order valence-electron chi connectivity index (χ3n) is 15.4. The monoisotopic (exact) mass is 1400 g/mol. The van der Waals surface area contributed by atoms with Gasteiger partial charge in [-0.3, -0.25) is 4.79 Å². The smallest absolute Gasteiger partial charge is 0.550 e. The SMILES string of the molecule is CC(C)n1c(/C=C/[C@@H](O)C[C@@H](O)CC(=O)OC(C)(C)C)c(-c2ccc(F)cc2)c2ccccc21.CC(C)n1c(/C=C/[C@@H](O)C[C@@H](O)CC(=O)[O-])c(-c2ccc(F)cc2)c2ccccc21.CC(C)n1c(/C=C/[C@@H](O)C[C@@H](O)CC(=O)[O-])c(-c2ccc(F)cc2)c2ccccc21.CCO.[Ca+2].[Na+]. The van der Waals surface area contributed by atoms with Gasteiger partial charge in [0.25, 0.3) is 0 Å². The Morgan fingerprint density at radius 3 is 0.929 bits per heavy atom. The Labute approximate surface area is 629 Å². The first-order valence-corrected chi connectivity index (χ1v) is 32.4. The van der Waals surface area contributed by atoms with Crippen molar-refractivity contribution < 1.29 is 108 Å². The minimum Gasteiger partial charge on any atom is -0.550 e. The number of aliphatic hydroxyl groups excluding tert-OH is 7. The average Bonchev–Trinajstić information content (AvgIpc) is 1.62. The summed E-state index contributed by atoms with van der Waals surface area (Å²) in [4.78, 5) is 33.2. The normalized spacial score (nSPS) is 13.5. The van der Waals surface area contributed by atoms with E-state index in [1.165, 1.54) is 36.4 Å². The fourth-order valence-electron chi connectivity index (χ4n) is 11.7. The van der Waals surface area contributed by atoms with E-state index in [1.54, 1.807) is 94.5 Å². The van der Waals surface area contributed by atoms with Crippen LogP contribution in [0.3, 0.4) is 0 Å². The van der Waals surface area contributed by atoms with Gasteiger partial charge < -0.3 is 74.0 Å². The molecule has 0 radical (unpaired) electrons. The summed E-state index contributed by atoms with van der Waals surface area (Å²) in [7, 11) is 0. The molecule has 0 unspecified atom stereocenters. The van der Waals surface area contributed by atoms with Crippen molar-refractivity contribution in [2.75, 3.05) is 6.61 Å². The Bertz CT molecular complexity index is 3970. The van der Waals surface area contributed by atoms with Crippen LogP contribution in [-0.4, -0.2) is 154 Å². The molecule has 9 aromatic rings. The van der Waals surface area contributed by atoms with Crippen LogP contribution in [0.2, 0.25) is 0 Å². The number of aromatic nitrogens is 3. The third-order valence-corrected chi connectivity index (χ3v) is 15.4. The summed E-state index contributed by atoms with van der Waals surface area (Å²) < 4.78 is 52.3. The fourth-order valence-corrected chi connectivity index (χ4v) is 11.7. The van der Waals surface area contributed by atoms with Crippen molar-refractivity contribution >= 4 is 107 Å². The molecule has 0 aliphatic rings. The van der Waals surface area contributed by atoms with Gasteiger partial charge in [-0.25, -0.2) is 13.2 Å². The van der Waals surface area contributed by atoms with Crippen molar-refractivity contribution in [1.29, 1.82) is 0 Å². The van der Waals surface area contributed by atoms with Gasteiger partial charge in [0.05, 0.1) is 43.0 Å². The molecule has 6 atom stereocenters.